The molecule has 4 unspecified atom stereocenters. The van der Waals surface area contributed by atoms with E-state index in [0.717, 1.165) is 24.1 Å². The summed E-state index contributed by atoms with van der Waals surface area (Å²) in [6.07, 6.45) is 7.41. The Bertz CT molecular complexity index is 207. The summed E-state index contributed by atoms with van der Waals surface area (Å²) in [5.41, 5.74) is 6.50. The molecule has 4 atom stereocenters. The van der Waals surface area contributed by atoms with Crippen LogP contribution in [-0.4, -0.2) is 18.0 Å². The number of hydrogen-bond acceptors (Lipinski definition) is 2. The van der Waals surface area contributed by atoms with Crippen molar-refractivity contribution in [2.45, 2.75) is 50.9 Å². The molecule has 0 aromatic heterocycles. The normalized spacial score (nSPS) is 44.9. The fraction of sp³-hybridized carbons (Fsp3) is 1.00. The molecule has 3 heteroatoms. The number of nitrogens with two attached hydrogens (primary N) is 1. The lowest BCUT2D eigenvalue weighted by Crippen LogP contribution is -2.43. The molecule has 0 saturated heterocycles. The summed E-state index contributed by atoms with van der Waals surface area (Å²) >= 11 is 0. The van der Waals surface area contributed by atoms with Gasteiger partial charge >= 0.3 is 0 Å². The van der Waals surface area contributed by atoms with Crippen molar-refractivity contribution >= 4 is 7.48 Å². The van der Waals surface area contributed by atoms with Crippen molar-refractivity contribution in [3.8, 4) is 0 Å². The molecule has 0 spiro atoms. The first kappa shape index (κ1) is 10.5. The lowest BCUT2D eigenvalue weighted by molar-refractivity contribution is 0.275. The van der Waals surface area contributed by atoms with E-state index in [1.54, 1.807) is 0 Å². The Balaban J connectivity index is 1.71. The Kier molecular flexibility index (Phi) is 2.89. The van der Waals surface area contributed by atoms with Gasteiger partial charge in [-0.3, -0.25) is 0 Å². The largest absolute Gasteiger partial charge is 0.454 e. The monoisotopic (exact) mass is 195 g/mol. The zero-order valence-electron chi connectivity index (χ0n) is 9.21. The van der Waals surface area contributed by atoms with E-state index in [9.17, 15) is 0 Å². The molecule has 2 rings (SSSR count). The van der Waals surface area contributed by atoms with E-state index < -0.39 is 0 Å². The molecular formula is C11H22BNO. The smallest absolute Gasteiger partial charge is 0.270 e. The zero-order chi connectivity index (χ0) is 10.2. The third-order valence-electron chi connectivity index (χ3n) is 4.40. The first-order valence-electron chi connectivity index (χ1n) is 6.06. The van der Waals surface area contributed by atoms with Gasteiger partial charge in [-0.25, -0.2) is 0 Å². The lowest BCUT2D eigenvalue weighted by Gasteiger charge is -2.30. The van der Waals surface area contributed by atoms with Gasteiger partial charge in [0.1, 0.15) is 0 Å². The molecule has 80 valence electrons. The molecule has 2 nitrogen and oxygen atoms in total. The highest BCUT2D eigenvalue weighted by atomic mass is 16.2. The van der Waals surface area contributed by atoms with Crippen LogP contribution >= 0.6 is 0 Å². The van der Waals surface area contributed by atoms with Crippen molar-refractivity contribution in [1.29, 1.82) is 0 Å². The van der Waals surface area contributed by atoms with Gasteiger partial charge in [0.2, 0.25) is 0 Å². The van der Waals surface area contributed by atoms with Gasteiger partial charge in [0.25, 0.3) is 7.48 Å². The van der Waals surface area contributed by atoms with Gasteiger partial charge in [0.15, 0.2) is 0 Å². The second kappa shape index (κ2) is 3.86. The molecule has 0 amide bonds. The highest BCUT2D eigenvalue weighted by Gasteiger charge is 2.58. The summed E-state index contributed by atoms with van der Waals surface area (Å²) < 4.78 is 0. The molecule has 0 bridgehead atoms. The van der Waals surface area contributed by atoms with Crippen LogP contribution in [0.15, 0.2) is 0 Å². The predicted octanol–water partition coefficient (Wildman–Crippen LogP) is 1.29. The molecule has 0 aromatic rings. The van der Waals surface area contributed by atoms with E-state index in [-0.39, 0.29) is 5.54 Å². The minimum atomic E-state index is 0.129. The number of hydrogen-bond donors (Lipinski definition) is 2. The summed E-state index contributed by atoms with van der Waals surface area (Å²) in [7, 11) is 0.343. The first-order valence-corrected chi connectivity index (χ1v) is 6.06. The Hall–Kier alpha value is -0.0151. The van der Waals surface area contributed by atoms with Gasteiger partial charge in [0.05, 0.1) is 0 Å². The molecule has 2 fully saturated rings. The highest BCUT2D eigenvalue weighted by Crippen LogP contribution is 2.59. The van der Waals surface area contributed by atoms with Gasteiger partial charge in [0, 0.05) is 5.54 Å². The van der Waals surface area contributed by atoms with E-state index in [4.69, 9.17) is 10.8 Å². The predicted molar refractivity (Wildman–Crippen MR) is 60.3 cm³/mol. The van der Waals surface area contributed by atoms with Gasteiger partial charge in [-0.15, -0.1) is 0 Å². The van der Waals surface area contributed by atoms with Crippen molar-refractivity contribution in [2.75, 3.05) is 0 Å². The van der Waals surface area contributed by atoms with Crippen LogP contribution in [0.2, 0.25) is 6.32 Å². The lowest BCUT2D eigenvalue weighted by atomic mass is 9.81. The standard InChI is InChI=1S/C11H22BNO/c1-11(13)9(4-2-3-5-12-14)6-8-7-10(8)11/h8-10,12,14H,2-7,13H2,1H3. The minimum absolute atomic E-state index is 0.129. The maximum absolute atomic E-state index is 8.69. The quantitative estimate of drug-likeness (QED) is 0.513. The fourth-order valence-electron chi connectivity index (χ4n) is 3.30. The molecular weight excluding hydrogens is 173 g/mol. The van der Waals surface area contributed by atoms with Gasteiger partial charge < -0.3 is 10.8 Å². The summed E-state index contributed by atoms with van der Waals surface area (Å²) in [6.45, 7) is 2.25. The molecule has 0 heterocycles. The van der Waals surface area contributed by atoms with Crippen LogP contribution in [0.3, 0.4) is 0 Å². The third kappa shape index (κ3) is 1.85. The zero-order valence-corrected chi connectivity index (χ0v) is 9.21. The molecule has 0 aromatic carbocycles. The highest BCUT2D eigenvalue weighted by molar-refractivity contribution is 6.25. The maximum Gasteiger partial charge on any atom is 0.270 e. The van der Waals surface area contributed by atoms with Crippen LogP contribution in [0.1, 0.15) is 39.0 Å². The second-order valence-electron chi connectivity index (χ2n) is 5.47. The van der Waals surface area contributed by atoms with Crippen LogP contribution in [0.4, 0.5) is 0 Å². The summed E-state index contributed by atoms with van der Waals surface area (Å²) in [5.74, 6) is 2.56. The molecule has 0 aliphatic heterocycles. The fourth-order valence-corrected chi connectivity index (χ4v) is 3.30. The van der Waals surface area contributed by atoms with Crippen LogP contribution in [0.25, 0.3) is 0 Å². The Morgan fingerprint density at radius 2 is 2.21 bits per heavy atom. The van der Waals surface area contributed by atoms with E-state index in [1.165, 1.54) is 32.1 Å². The Morgan fingerprint density at radius 1 is 1.43 bits per heavy atom. The van der Waals surface area contributed by atoms with Gasteiger partial charge in [-0.1, -0.05) is 19.2 Å². The second-order valence-corrected chi connectivity index (χ2v) is 5.47. The number of fused-ring (bicyclic) bond motifs is 1. The number of rotatable bonds is 5. The van der Waals surface area contributed by atoms with Crippen molar-refractivity contribution in [2.24, 2.45) is 23.5 Å². The Labute approximate surface area is 87.5 Å². The van der Waals surface area contributed by atoms with Crippen LogP contribution in [0.5, 0.6) is 0 Å². The third-order valence-corrected chi connectivity index (χ3v) is 4.40. The SMILES string of the molecule is CC1(N)C(CCCCBO)CC2CC21. The molecule has 2 aliphatic carbocycles. The van der Waals surface area contributed by atoms with E-state index in [0.29, 0.717) is 7.48 Å². The summed E-state index contributed by atoms with van der Waals surface area (Å²) in [5, 5.41) is 8.69. The molecule has 2 aliphatic rings. The molecule has 3 N–H and O–H groups in total. The van der Waals surface area contributed by atoms with Crippen molar-refractivity contribution in [3.05, 3.63) is 0 Å². The first-order chi connectivity index (χ1) is 6.66. The summed E-state index contributed by atoms with van der Waals surface area (Å²) in [6, 6.07) is 0. The van der Waals surface area contributed by atoms with Crippen LogP contribution in [0, 0.1) is 17.8 Å². The van der Waals surface area contributed by atoms with Crippen molar-refractivity contribution in [3.63, 3.8) is 0 Å². The molecule has 14 heavy (non-hydrogen) atoms. The van der Waals surface area contributed by atoms with Crippen LogP contribution in [-0.2, 0) is 0 Å². The Morgan fingerprint density at radius 3 is 2.79 bits per heavy atom. The van der Waals surface area contributed by atoms with E-state index >= 15 is 0 Å². The number of unbranched alkanes of at least 4 members (excludes halogenated alkanes) is 1. The topological polar surface area (TPSA) is 46.2 Å². The molecule has 0 radical (unpaired) electrons. The summed E-state index contributed by atoms with van der Waals surface area (Å²) in [4.78, 5) is 0. The van der Waals surface area contributed by atoms with Crippen molar-refractivity contribution < 1.29 is 5.02 Å². The van der Waals surface area contributed by atoms with Gasteiger partial charge in [-0.05, 0) is 43.9 Å². The van der Waals surface area contributed by atoms with Crippen LogP contribution < -0.4 is 5.73 Å². The van der Waals surface area contributed by atoms with E-state index in [1.807, 2.05) is 0 Å². The minimum Gasteiger partial charge on any atom is -0.454 e. The van der Waals surface area contributed by atoms with E-state index in [2.05, 4.69) is 6.92 Å². The maximum atomic E-state index is 8.69. The average molecular weight is 195 g/mol. The van der Waals surface area contributed by atoms with Crippen molar-refractivity contribution in [1.82, 2.24) is 0 Å². The van der Waals surface area contributed by atoms with Gasteiger partial charge in [-0.2, -0.15) is 0 Å². The average Bonchev–Trinajstić information content (AvgIpc) is 2.85. The molecule has 2 saturated carbocycles.